The van der Waals surface area contributed by atoms with Crippen LogP contribution in [0.25, 0.3) is 22.3 Å². The molecule has 0 atom stereocenters. The Labute approximate surface area is 200 Å². The van der Waals surface area contributed by atoms with E-state index in [9.17, 15) is 14.4 Å². The molecule has 6 nitrogen and oxygen atoms in total. The Kier molecular flexibility index (Phi) is 5.67. The van der Waals surface area contributed by atoms with Crippen LogP contribution in [0, 0.1) is 6.92 Å². The van der Waals surface area contributed by atoms with Crippen molar-refractivity contribution in [3.63, 3.8) is 0 Å². The van der Waals surface area contributed by atoms with Gasteiger partial charge in [-0.05, 0) is 43.7 Å². The molecule has 5 rings (SSSR count). The zero-order valence-electron chi connectivity index (χ0n) is 18.4. The van der Waals surface area contributed by atoms with Gasteiger partial charge in [0.05, 0.1) is 21.7 Å². The molecule has 2 amide bonds. The number of fused-ring (bicyclic) bond motifs is 1. The highest BCUT2D eigenvalue weighted by Gasteiger charge is 2.24. The van der Waals surface area contributed by atoms with Crippen molar-refractivity contribution in [3.8, 4) is 11.3 Å². The van der Waals surface area contributed by atoms with Crippen LogP contribution < -0.4 is 15.6 Å². The van der Waals surface area contributed by atoms with Crippen LogP contribution in [0.15, 0.2) is 75.9 Å². The summed E-state index contributed by atoms with van der Waals surface area (Å²) in [7, 11) is 0. The van der Waals surface area contributed by atoms with E-state index in [1.807, 2.05) is 30.3 Å². The lowest BCUT2D eigenvalue weighted by molar-refractivity contribution is -0.117. The standard InChI is InChI=1S/C27H21ClN2O4/c1-16-24(32)19-9-5-10-20(26(19)34-25(16)17-7-3-2-4-8-17)27(33)29-18-12-13-22(21(28)15-18)30-14-6-11-23(30)31/h2-5,7-10,12-13,15H,6,11,14H2,1H3,(H,29,33). The fourth-order valence-electron chi connectivity index (χ4n) is 4.26. The van der Waals surface area contributed by atoms with E-state index >= 15 is 0 Å². The van der Waals surface area contributed by atoms with Gasteiger partial charge in [-0.2, -0.15) is 0 Å². The van der Waals surface area contributed by atoms with E-state index in [4.69, 9.17) is 16.0 Å². The molecule has 0 radical (unpaired) electrons. The van der Waals surface area contributed by atoms with Crippen molar-refractivity contribution in [3.05, 3.63) is 93.1 Å². The number of rotatable bonds is 4. The second-order valence-corrected chi connectivity index (χ2v) is 8.61. The number of nitrogens with zero attached hydrogens (tertiary/aromatic N) is 1. The van der Waals surface area contributed by atoms with E-state index in [2.05, 4.69) is 5.32 Å². The van der Waals surface area contributed by atoms with E-state index < -0.39 is 5.91 Å². The third kappa shape index (κ3) is 3.86. The second kappa shape index (κ2) is 8.80. The Morgan fingerprint density at radius 2 is 1.82 bits per heavy atom. The Morgan fingerprint density at radius 3 is 2.53 bits per heavy atom. The molecule has 2 heterocycles. The lowest BCUT2D eigenvalue weighted by Crippen LogP contribution is -2.24. The van der Waals surface area contributed by atoms with Gasteiger partial charge in [0.2, 0.25) is 5.91 Å². The number of halogens is 1. The summed E-state index contributed by atoms with van der Waals surface area (Å²) in [6.45, 7) is 2.34. The molecule has 4 aromatic rings. The molecule has 1 saturated heterocycles. The molecule has 3 aromatic carbocycles. The molecular weight excluding hydrogens is 452 g/mol. The monoisotopic (exact) mass is 472 g/mol. The van der Waals surface area contributed by atoms with Gasteiger partial charge in [-0.15, -0.1) is 0 Å². The van der Waals surface area contributed by atoms with E-state index in [-0.39, 0.29) is 22.5 Å². The number of anilines is 2. The molecule has 1 aliphatic rings. The summed E-state index contributed by atoms with van der Waals surface area (Å²) in [5.74, 6) is 0.0349. The summed E-state index contributed by atoms with van der Waals surface area (Å²) in [4.78, 5) is 39.9. The van der Waals surface area contributed by atoms with Gasteiger partial charge in [-0.1, -0.05) is 48.0 Å². The fourth-order valence-corrected chi connectivity index (χ4v) is 4.54. The molecule has 1 aromatic heterocycles. The van der Waals surface area contributed by atoms with E-state index in [0.717, 1.165) is 12.0 Å². The van der Waals surface area contributed by atoms with E-state index in [1.54, 1.807) is 48.2 Å². The first-order chi connectivity index (χ1) is 16.4. The highest BCUT2D eigenvalue weighted by atomic mass is 35.5. The van der Waals surface area contributed by atoms with Gasteiger partial charge in [0.15, 0.2) is 11.0 Å². The number of carbonyl (C=O) groups excluding carboxylic acids is 2. The van der Waals surface area contributed by atoms with E-state index in [0.29, 0.717) is 46.1 Å². The number of para-hydroxylation sites is 1. The Balaban J connectivity index is 1.51. The average Bonchev–Trinajstić information content (AvgIpc) is 3.27. The predicted molar refractivity (Wildman–Crippen MR) is 134 cm³/mol. The number of benzene rings is 3. The second-order valence-electron chi connectivity index (χ2n) is 8.20. The molecule has 0 bridgehead atoms. The largest absolute Gasteiger partial charge is 0.455 e. The molecule has 0 aliphatic carbocycles. The third-order valence-electron chi connectivity index (χ3n) is 6.00. The summed E-state index contributed by atoms with van der Waals surface area (Å²) in [5, 5.41) is 3.54. The highest BCUT2D eigenvalue weighted by molar-refractivity contribution is 6.34. The molecular formula is C27H21ClN2O4. The molecule has 7 heteroatoms. The summed E-state index contributed by atoms with van der Waals surface area (Å²) in [6.07, 6.45) is 1.30. The smallest absolute Gasteiger partial charge is 0.259 e. The van der Waals surface area contributed by atoms with Crippen molar-refractivity contribution in [2.75, 3.05) is 16.8 Å². The van der Waals surface area contributed by atoms with Gasteiger partial charge < -0.3 is 14.6 Å². The molecule has 1 fully saturated rings. The summed E-state index contributed by atoms with van der Waals surface area (Å²) in [6, 6.07) is 19.3. The van der Waals surface area contributed by atoms with Crippen molar-refractivity contribution < 1.29 is 14.0 Å². The average molecular weight is 473 g/mol. The van der Waals surface area contributed by atoms with Crippen LogP contribution in [0.5, 0.6) is 0 Å². The third-order valence-corrected chi connectivity index (χ3v) is 6.30. The van der Waals surface area contributed by atoms with Crippen LogP contribution >= 0.6 is 11.6 Å². The van der Waals surface area contributed by atoms with Crippen LogP contribution in [0.2, 0.25) is 5.02 Å². The minimum absolute atomic E-state index is 0.0361. The van der Waals surface area contributed by atoms with Crippen molar-refractivity contribution in [1.29, 1.82) is 0 Å². The predicted octanol–water partition coefficient (Wildman–Crippen LogP) is 5.80. The molecule has 0 saturated carbocycles. The fraction of sp³-hybridized carbons (Fsp3) is 0.148. The maximum atomic E-state index is 13.2. The van der Waals surface area contributed by atoms with Gasteiger partial charge in [-0.3, -0.25) is 14.4 Å². The van der Waals surface area contributed by atoms with Crippen molar-refractivity contribution in [2.24, 2.45) is 0 Å². The number of nitrogens with one attached hydrogen (secondary N) is 1. The lowest BCUT2D eigenvalue weighted by atomic mass is 10.0. The highest BCUT2D eigenvalue weighted by Crippen LogP contribution is 2.32. The Morgan fingerprint density at radius 1 is 1.03 bits per heavy atom. The van der Waals surface area contributed by atoms with Gasteiger partial charge in [0.25, 0.3) is 5.91 Å². The first-order valence-electron chi connectivity index (χ1n) is 11.0. The van der Waals surface area contributed by atoms with Gasteiger partial charge in [-0.25, -0.2) is 0 Å². The molecule has 0 spiro atoms. The van der Waals surface area contributed by atoms with Crippen LogP contribution in [-0.4, -0.2) is 18.4 Å². The normalized spacial score (nSPS) is 13.5. The lowest BCUT2D eigenvalue weighted by Gasteiger charge is -2.18. The van der Waals surface area contributed by atoms with Gasteiger partial charge in [0, 0.05) is 29.8 Å². The maximum absolute atomic E-state index is 13.2. The zero-order chi connectivity index (χ0) is 23.8. The van der Waals surface area contributed by atoms with Crippen LogP contribution in [0.1, 0.15) is 28.8 Å². The summed E-state index contributed by atoms with van der Waals surface area (Å²) in [5.41, 5.74) is 2.61. The van der Waals surface area contributed by atoms with Gasteiger partial charge in [0.1, 0.15) is 5.76 Å². The van der Waals surface area contributed by atoms with Crippen molar-refractivity contribution >= 4 is 45.8 Å². The molecule has 1 N–H and O–H groups in total. The minimum Gasteiger partial charge on any atom is -0.455 e. The Bertz CT molecular complexity index is 1490. The zero-order valence-corrected chi connectivity index (χ0v) is 19.2. The van der Waals surface area contributed by atoms with Crippen LogP contribution in [0.3, 0.4) is 0 Å². The molecule has 34 heavy (non-hydrogen) atoms. The quantitative estimate of drug-likeness (QED) is 0.407. The number of hydrogen-bond donors (Lipinski definition) is 1. The maximum Gasteiger partial charge on any atom is 0.259 e. The van der Waals surface area contributed by atoms with Crippen molar-refractivity contribution in [1.82, 2.24) is 0 Å². The molecule has 170 valence electrons. The SMILES string of the molecule is Cc1c(-c2ccccc2)oc2c(C(=O)Nc3ccc(N4CCCC4=O)c(Cl)c3)cccc2c1=O. The molecule has 1 aliphatic heterocycles. The molecule has 0 unspecified atom stereocenters. The first-order valence-corrected chi connectivity index (χ1v) is 11.3. The number of carbonyl (C=O) groups is 2. The summed E-state index contributed by atoms with van der Waals surface area (Å²) < 4.78 is 6.14. The van der Waals surface area contributed by atoms with E-state index in [1.165, 1.54) is 0 Å². The van der Waals surface area contributed by atoms with Crippen LogP contribution in [0.4, 0.5) is 11.4 Å². The van der Waals surface area contributed by atoms with Crippen molar-refractivity contribution in [2.45, 2.75) is 19.8 Å². The Hall–Kier alpha value is -3.90. The number of amides is 2. The van der Waals surface area contributed by atoms with Gasteiger partial charge >= 0.3 is 0 Å². The summed E-state index contributed by atoms with van der Waals surface area (Å²) >= 11 is 6.42. The number of hydrogen-bond acceptors (Lipinski definition) is 4. The minimum atomic E-state index is -0.433. The first kappa shape index (κ1) is 21.9. The topological polar surface area (TPSA) is 79.6 Å². The van der Waals surface area contributed by atoms with Crippen LogP contribution in [-0.2, 0) is 4.79 Å².